The van der Waals surface area contributed by atoms with E-state index in [2.05, 4.69) is 21.6 Å². The quantitative estimate of drug-likeness (QED) is 0.165. The predicted molar refractivity (Wildman–Crippen MR) is 172 cm³/mol. The van der Waals surface area contributed by atoms with Gasteiger partial charge in [-0.3, -0.25) is 14.6 Å². The van der Waals surface area contributed by atoms with Crippen molar-refractivity contribution >= 4 is 23.2 Å². The maximum absolute atomic E-state index is 15.9. The van der Waals surface area contributed by atoms with E-state index in [1.807, 2.05) is 32.0 Å². The van der Waals surface area contributed by atoms with Gasteiger partial charge in [-0.1, -0.05) is 50.2 Å². The number of fused-ring (bicyclic) bond motifs is 1. The van der Waals surface area contributed by atoms with Gasteiger partial charge in [0.2, 0.25) is 11.8 Å². The Morgan fingerprint density at radius 3 is 2.48 bits per heavy atom. The Morgan fingerprint density at radius 1 is 1.02 bits per heavy atom. The highest BCUT2D eigenvalue weighted by Gasteiger charge is 2.31. The normalized spacial score (nSPS) is 14.8. The van der Waals surface area contributed by atoms with Crippen molar-refractivity contribution in [2.24, 2.45) is 11.7 Å². The summed E-state index contributed by atoms with van der Waals surface area (Å²) in [6.07, 6.45) is 0.292. The third kappa shape index (κ3) is 6.32. The van der Waals surface area contributed by atoms with Crippen molar-refractivity contribution in [1.29, 1.82) is 0 Å². The number of aryl methyl sites for hydroxylation is 2. The zero-order valence-electron chi connectivity index (χ0n) is 25.6. The van der Waals surface area contributed by atoms with Crippen LogP contribution in [0.4, 0.5) is 8.78 Å². The zero-order valence-corrected chi connectivity index (χ0v) is 26.5. The molecule has 0 radical (unpaired) electrons. The number of hydrogen-bond donors (Lipinski definition) is 2. The van der Waals surface area contributed by atoms with E-state index in [1.165, 1.54) is 41.2 Å². The number of aromatic nitrogens is 3. The van der Waals surface area contributed by atoms with Crippen molar-refractivity contribution in [3.8, 4) is 21.9 Å². The zero-order chi connectivity index (χ0) is 32.5. The first-order chi connectivity index (χ1) is 22.1. The number of thiophene rings is 1. The number of primary amides is 1. The minimum absolute atomic E-state index is 0.0434. The summed E-state index contributed by atoms with van der Waals surface area (Å²) in [7, 11) is 0. The Bertz CT molecular complexity index is 1920. The molecule has 0 bridgehead atoms. The number of carbonyl (C=O) groups is 2. The summed E-state index contributed by atoms with van der Waals surface area (Å²) < 4.78 is 35.3. The van der Waals surface area contributed by atoms with Crippen LogP contribution in [0.5, 0.6) is 0 Å². The lowest BCUT2D eigenvalue weighted by Crippen LogP contribution is -2.26. The molecule has 1 aliphatic rings. The average molecular weight is 642 g/mol. The third-order valence-electron chi connectivity index (χ3n) is 8.05. The highest BCUT2D eigenvalue weighted by atomic mass is 32.1. The number of pyridine rings is 1. The molecule has 2 aromatic carbocycles. The van der Waals surface area contributed by atoms with Crippen molar-refractivity contribution in [2.75, 3.05) is 0 Å². The Kier molecular flexibility index (Phi) is 8.77. The van der Waals surface area contributed by atoms with Crippen LogP contribution >= 0.6 is 11.3 Å². The first-order valence-electron chi connectivity index (χ1n) is 15.1. The lowest BCUT2D eigenvalue weighted by Gasteiger charge is -2.20. The van der Waals surface area contributed by atoms with E-state index in [0.29, 0.717) is 27.4 Å². The van der Waals surface area contributed by atoms with Crippen LogP contribution in [0.25, 0.3) is 21.9 Å². The maximum Gasteiger partial charge on any atom is 0.261 e. The van der Waals surface area contributed by atoms with Crippen molar-refractivity contribution in [3.63, 3.8) is 0 Å². The van der Waals surface area contributed by atoms with Gasteiger partial charge in [-0.05, 0) is 66.1 Å². The van der Waals surface area contributed by atoms with Gasteiger partial charge in [-0.25, -0.2) is 8.78 Å². The third-order valence-corrected chi connectivity index (χ3v) is 9.16. The monoisotopic (exact) mass is 641 g/mol. The minimum Gasteiger partial charge on any atom is -0.421 e. The fourth-order valence-electron chi connectivity index (χ4n) is 6.00. The van der Waals surface area contributed by atoms with Gasteiger partial charge in [-0.2, -0.15) is 0 Å². The topological polar surface area (TPSA) is 124 Å². The Morgan fingerprint density at radius 2 is 1.78 bits per heavy atom. The van der Waals surface area contributed by atoms with Crippen LogP contribution in [0.15, 0.2) is 65.1 Å². The van der Waals surface area contributed by atoms with Gasteiger partial charge in [0.1, 0.15) is 12.0 Å². The van der Waals surface area contributed by atoms with Crippen LogP contribution in [-0.4, -0.2) is 27.0 Å². The number of benzene rings is 2. The summed E-state index contributed by atoms with van der Waals surface area (Å²) in [6, 6.07) is 16.6. The van der Waals surface area contributed by atoms with Gasteiger partial charge in [0, 0.05) is 23.8 Å². The van der Waals surface area contributed by atoms with Gasteiger partial charge < -0.3 is 15.5 Å². The maximum atomic E-state index is 15.9. The van der Waals surface area contributed by atoms with Crippen LogP contribution in [0.3, 0.4) is 0 Å². The molecule has 0 saturated carbocycles. The molecule has 0 unspecified atom stereocenters. The van der Waals surface area contributed by atoms with E-state index >= 15 is 4.39 Å². The second kappa shape index (κ2) is 12.9. The second-order valence-electron chi connectivity index (χ2n) is 11.9. The molecule has 2 atom stereocenters. The summed E-state index contributed by atoms with van der Waals surface area (Å²) in [4.78, 5) is 32.5. The lowest BCUT2D eigenvalue weighted by molar-refractivity contribution is 0.0939. The molecule has 11 heteroatoms. The van der Waals surface area contributed by atoms with Crippen molar-refractivity contribution in [1.82, 2.24) is 20.5 Å². The number of nitrogens with two attached hydrogens (primary N) is 1. The number of hydrogen-bond acceptors (Lipinski definition) is 7. The summed E-state index contributed by atoms with van der Waals surface area (Å²) >= 11 is 1.19. The molecule has 3 N–H and O–H groups in total. The number of nitrogens with zero attached hydrogens (tertiary/aromatic N) is 3. The summed E-state index contributed by atoms with van der Waals surface area (Å²) in [6.45, 7) is 5.58. The molecule has 2 amide bonds. The first kappa shape index (κ1) is 31.2. The molecule has 0 saturated heterocycles. The van der Waals surface area contributed by atoms with E-state index in [-0.39, 0.29) is 58.5 Å². The number of nitrogens with one attached hydrogen (secondary N) is 1. The Balaban J connectivity index is 1.48. The highest BCUT2D eigenvalue weighted by molar-refractivity contribution is 7.17. The molecule has 5 aromatic rings. The number of rotatable bonds is 10. The molecule has 0 aliphatic heterocycles. The molecular formula is C35H33F2N5O3S. The molecule has 46 heavy (non-hydrogen) atoms. The SMILES string of the molecule is Cc1nnc(-c2c(C[C@H](F)c3ccc(F)cc3)nc(CC(C)C)c(C(N)=O)c2-c2ccc(C(=O)N[C@@H]3CCc4ccccc43)s2)o1. The highest BCUT2D eigenvalue weighted by Crippen LogP contribution is 2.43. The van der Waals surface area contributed by atoms with Crippen LogP contribution in [-0.2, 0) is 19.3 Å². The number of alkyl halides is 1. The molecule has 0 spiro atoms. The number of amides is 2. The fraction of sp³-hybridized carbons (Fsp3) is 0.286. The summed E-state index contributed by atoms with van der Waals surface area (Å²) in [5.41, 5.74) is 10.1. The summed E-state index contributed by atoms with van der Waals surface area (Å²) in [5, 5.41) is 11.4. The van der Waals surface area contributed by atoms with Gasteiger partial charge in [0.15, 0.2) is 0 Å². The summed E-state index contributed by atoms with van der Waals surface area (Å²) in [5.74, 6) is -1.05. The Hall–Kier alpha value is -4.77. The van der Waals surface area contributed by atoms with Crippen LogP contribution in [0, 0.1) is 18.7 Å². The van der Waals surface area contributed by atoms with Gasteiger partial charge in [0.25, 0.3) is 11.8 Å². The van der Waals surface area contributed by atoms with Gasteiger partial charge in [-0.15, -0.1) is 21.5 Å². The molecule has 3 aromatic heterocycles. The van der Waals surface area contributed by atoms with Crippen LogP contribution < -0.4 is 11.1 Å². The van der Waals surface area contributed by atoms with E-state index in [1.54, 1.807) is 19.1 Å². The van der Waals surface area contributed by atoms with Crippen molar-refractivity contribution in [3.05, 3.63) is 111 Å². The van der Waals surface area contributed by atoms with Gasteiger partial charge in [0.05, 0.1) is 33.4 Å². The molecule has 1 aliphatic carbocycles. The first-order valence-corrected chi connectivity index (χ1v) is 15.9. The second-order valence-corrected chi connectivity index (χ2v) is 13.0. The van der Waals surface area contributed by atoms with Gasteiger partial charge >= 0.3 is 0 Å². The van der Waals surface area contributed by atoms with Crippen LogP contribution in [0.2, 0.25) is 0 Å². The smallest absolute Gasteiger partial charge is 0.261 e. The Labute approximate surface area is 269 Å². The van der Waals surface area contributed by atoms with Crippen molar-refractivity contribution in [2.45, 2.75) is 58.7 Å². The van der Waals surface area contributed by atoms with E-state index in [0.717, 1.165) is 18.4 Å². The molecule has 6 rings (SSSR count). The molecule has 236 valence electrons. The number of carbonyl (C=O) groups excluding carboxylic acids is 2. The largest absolute Gasteiger partial charge is 0.421 e. The minimum atomic E-state index is -1.56. The van der Waals surface area contributed by atoms with E-state index in [9.17, 15) is 14.0 Å². The molecule has 8 nitrogen and oxygen atoms in total. The molecule has 3 heterocycles. The number of halogens is 2. The van der Waals surface area contributed by atoms with E-state index < -0.39 is 17.9 Å². The van der Waals surface area contributed by atoms with E-state index in [4.69, 9.17) is 15.1 Å². The molecular weight excluding hydrogens is 608 g/mol. The lowest BCUT2D eigenvalue weighted by atomic mass is 9.91. The standard InChI is InChI=1S/C35H33F2N5O3S/c1-18(2)16-26-30(33(38)43)32(28-14-15-29(46-28)34(44)40-25-13-10-20-6-4-5-7-23(20)25)31(35-42-41-19(3)45-35)27(39-26)17-24(37)21-8-11-22(36)12-9-21/h4-9,11-12,14-15,18,24-25H,10,13,16-17H2,1-3H3,(H2,38,43)(H,40,44)/t24-,25+/m0/s1. The fourth-order valence-corrected chi connectivity index (χ4v) is 6.97. The van der Waals surface area contributed by atoms with Crippen LogP contribution in [0.1, 0.15) is 86.5 Å². The predicted octanol–water partition coefficient (Wildman–Crippen LogP) is 7.28. The van der Waals surface area contributed by atoms with Crippen molar-refractivity contribution < 1.29 is 22.8 Å². The molecule has 0 fully saturated rings. The average Bonchev–Trinajstić information content (AvgIpc) is 3.77.